The second-order valence-corrected chi connectivity index (χ2v) is 7.15. The molecule has 1 aliphatic rings. The molecule has 0 N–H and O–H groups in total. The standard InChI is InChI=1S/C7H12O2S2/c1-4-7(10-5(2)8)11(4)6(3)9/h4,7,11H,1-3H3. The van der Waals surface area contributed by atoms with Gasteiger partial charge in [-0.25, -0.2) is 0 Å². The summed E-state index contributed by atoms with van der Waals surface area (Å²) in [5.41, 5.74) is 0. The lowest BCUT2D eigenvalue weighted by molar-refractivity contribution is -0.109. The van der Waals surface area contributed by atoms with Crippen molar-refractivity contribution in [1.29, 1.82) is 0 Å². The van der Waals surface area contributed by atoms with E-state index >= 15 is 0 Å². The van der Waals surface area contributed by atoms with Crippen LogP contribution >= 0.6 is 22.7 Å². The summed E-state index contributed by atoms with van der Waals surface area (Å²) in [6, 6.07) is 0. The molecule has 3 unspecified atom stereocenters. The van der Waals surface area contributed by atoms with E-state index in [4.69, 9.17) is 0 Å². The quantitative estimate of drug-likeness (QED) is 0.505. The van der Waals surface area contributed by atoms with E-state index in [1.165, 1.54) is 11.8 Å². The Hall–Kier alpha value is 0.0400. The van der Waals surface area contributed by atoms with Gasteiger partial charge >= 0.3 is 0 Å². The van der Waals surface area contributed by atoms with Gasteiger partial charge in [0.1, 0.15) is 0 Å². The molecule has 0 spiro atoms. The molecule has 0 aromatic carbocycles. The average molecular weight is 192 g/mol. The predicted octanol–water partition coefficient (Wildman–Crippen LogP) is 1.54. The molecule has 0 radical (unpaired) electrons. The molecular formula is C7H12O2S2. The summed E-state index contributed by atoms with van der Waals surface area (Å²) in [5, 5.41) is 0.885. The zero-order valence-electron chi connectivity index (χ0n) is 6.83. The van der Waals surface area contributed by atoms with Gasteiger partial charge in [0, 0.05) is 19.1 Å². The molecule has 0 aliphatic carbocycles. The van der Waals surface area contributed by atoms with Crippen LogP contribution in [0.4, 0.5) is 0 Å². The molecule has 4 heteroatoms. The maximum Gasteiger partial charge on any atom is 0.186 e. The van der Waals surface area contributed by atoms with Gasteiger partial charge < -0.3 is 0 Å². The Bertz CT molecular complexity index is 203. The normalized spacial score (nSPS) is 38.3. The van der Waals surface area contributed by atoms with Crippen LogP contribution < -0.4 is 0 Å². The van der Waals surface area contributed by atoms with Crippen molar-refractivity contribution >= 4 is 32.9 Å². The van der Waals surface area contributed by atoms with Crippen molar-refractivity contribution in [3.8, 4) is 0 Å². The van der Waals surface area contributed by atoms with Crippen LogP contribution in [0.5, 0.6) is 0 Å². The zero-order valence-corrected chi connectivity index (χ0v) is 8.54. The second-order valence-electron chi connectivity index (χ2n) is 2.67. The first-order chi connectivity index (χ1) is 5.04. The van der Waals surface area contributed by atoms with E-state index in [9.17, 15) is 9.59 Å². The van der Waals surface area contributed by atoms with Crippen molar-refractivity contribution < 1.29 is 9.59 Å². The molecule has 1 saturated heterocycles. The van der Waals surface area contributed by atoms with Crippen molar-refractivity contribution in [2.24, 2.45) is 0 Å². The average Bonchev–Trinajstić information content (AvgIpc) is 2.40. The third-order valence-electron chi connectivity index (χ3n) is 1.69. The van der Waals surface area contributed by atoms with E-state index in [2.05, 4.69) is 0 Å². The fourth-order valence-corrected chi connectivity index (χ4v) is 5.71. The maximum atomic E-state index is 10.9. The highest BCUT2D eigenvalue weighted by atomic mass is 32.3. The third kappa shape index (κ3) is 1.99. The molecule has 1 rings (SSSR count). The highest BCUT2D eigenvalue weighted by molar-refractivity contribution is 8.46. The molecule has 0 bridgehead atoms. The first-order valence-electron chi connectivity index (χ1n) is 3.50. The van der Waals surface area contributed by atoms with Crippen LogP contribution in [0.25, 0.3) is 0 Å². The molecule has 1 fully saturated rings. The summed E-state index contributed by atoms with van der Waals surface area (Å²) >= 11 is 1.33. The molecule has 3 atom stereocenters. The number of carbonyl (C=O) groups is 2. The Morgan fingerprint density at radius 3 is 2.18 bits per heavy atom. The van der Waals surface area contributed by atoms with Crippen molar-refractivity contribution in [3.63, 3.8) is 0 Å². The Labute approximate surface area is 73.5 Å². The lowest BCUT2D eigenvalue weighted by atomic mass is 10.6. The van der Waals surface area contributed by atoms with E-state index in [1.54, 1.807) is 13.8 Å². The summed E-state index contributed by atoms with van der Waals surface area (Å²) in [5.74, 6) is 0. The van der Waals surface area contributed by atoms with E-state index in [1.807, 2.05) is 6.92 Å². The second kappa shape index (κ2) is 3.19. The van der Waals surface area contributed by atoms with Gasteiger partial charge in [0.15, 0.2) is 10.2 Å². The minimum atomic E-state index is -0.463. The van der Waals surface area contributed by atoms with Crippen LogP contribution in [0.2, 0.25) is 0 Å². The number of thioether (sulfide) groups is 1. The smallest absolute Gasteiger partial charge is 0.186 e. The van der Waals surface area contributed by atoms with Gasteiger partial charge in [-0.3, -0.25) is 9.59 Å². The van der Waals surface area contributed by atoms with Crippen molar-refractivity contribution in [2.75, 3.05) is 0 Å². The molecule has 2 nitrogen and oxygen atoms in total. The van der Waals surface area contributed by atoms with E-state index in [0.717, 1.165) is 0 Å². The molecule has 0 aromatic heterocycles. The summed E-state index contributed by atoms with van der Waals surface area (Å²) in [6.45, 7) is 5.24. The van der Waals surface area contributed by atoms with Crippen LogP contribution in [0.3, 0.4) is 0 Å². The van der Waals surface area contributed by atoms with Gasteiger partial charge in [-0.05, 0) is 0 Å². The lowest BCUT2D eigenvalue weighted by Gasteiger charge is -1.92. The number of hydrogen-bond donors (Lipinski definition) is 1. The molecule has 1 heterocycles. The van der Waals surface area contributed by atoms with Crippen LogP contribution in [0, 0.1) is 0 Å². The predicted molar refractivity (Wildman–Crippen MR) is 51.2 cm³/mol. The number of hydrogen-bond acceptors (Lipinski definition) is 3. The van der Waals surface area contributed by atoms with Crippen molar-refractivity contribution in [2.45, 2.75) is 30.6 Å². The highest BCUT2D eigenvalue weighted by Crippen LogP contribution is 2.63. The SMILES string of the molecule is CC(=O)SC1C(C)[SH]1C(C)=O. The van der Waals surface area contributed by atoms with Gasteiger partial charge in [0.25, 0.3) is 0 Å². The van der Waals surface area contributed by atoms with Gasteiger partial charge in [-0.1, -0.05) is 18.7 Å². The van der Waals surface area contributed by atoms with Gasteiger partial charge in [-0.2, -0.15) is 10.9 Å². The largest absolute Gasteiger partial charge is 0.289 e. The molecule has 1 aliphatic heterocycles. The molecule has 64 valence electrons. The molecule has 0 amide bonds. The van der Waals surface area contributed by atoms with E-state index in [0.29, 0.717) is 9.83 Å². The Morgan fingerprint density at radius 1 is 1.36 bits per heavy atom. The van der Waals surface area contributed by atoms with Crippen molar-refractivity contribution in [3.05, 3.63) is 0 Å². The van der Waals surface area contributed by atoms with Gasteiger partial charge in [0.2, 0.25) is 0 Å². The molecule has 0 aromatic rings. The van der Waals surface area contributed by atoms with Crippen LogP contribution in [-0.4, -0.2) is 20.1 Å². The first-order valence-corrected chi connectivity index (χ1v) is 5.86. The Kier molecular flexibility index (Phi) is 2.65. The fraction of sp³-hybridized carbons (Fsp3) is 0.714. The Morgan fingerprint density at radius 2 is 1.91 bits per heavy atom. The molecular weight excluding hydrogens is 180 g/mol. The minimum absolute atomic E-state index is 0.133. The fourth-order valence-electron chi connectivity index (χ4n) is 1.11. The van der Waals surface area contributed by atoms with E-state index < -0.39 is 10.9 Å². The highest BCUT2D eigenvalue weighted by Gasteiger charge is 2.47. The monoisotopic (exact) mass is 192 g/mol. The van der Waals surface area contributed by atoms with Crippen LogP contribution in [0.1, 0.15) is 20.8 Å². The topological polar surface area (TPSA) is 34.1 Å². The number of rotatable bonds is 1. The van der Waals surface area contributed by atoms with Crippen LogP contribution in [-0.2, 0) is 9.59 Å². The van der Waals surface area contributed by atoms with Gasteiger partial charge in [-0.15, -0.1) is 0 Å². The minimum Gasteiger partial charge on any atom is -0.289 e. The number of carbonyl (C=O) groups excluding carboxylic acids is 2. The zero-order chi connectivity index (χ0) is 8.59. The summed E-state index contributed by atoms with van der Waals surface area (Å²) in [7, 11) is -0.463. The maximum absolute atomic E-state index is 10.9. The third-order valence-corrected chi connectivity index (χ3v) is 6.42. The molecule has 11 heavy (non-hydrogen) atoms. The van der Waals surface area contributed by atoms with Crippen LogP contribution in [0.15, 0.2) is 0 Å². The summed E-state index contributed by atoms with van der Waals surface area (Å²) in [6.07, 6.45) is 0. The van der Waals surface area contributed by atoms with E-state index in [-0.39, 0.29) is 10.2 Å². The lowest BCUT2D eigenvalue weighted by Crippen LogP contribution is -1.88. The first kappa shape index (κ1) is 9.13. The van der Waals surface area contributed by atoms with Crippen molar-refractivity contribution in [1.82, 2.24) is 0 Å². The molecule has 0 saturated carbocycles. The number of thiol groups is 1. The summed E-state index contributed by atoms with van der Waals surface area (Å²) in [4.78, 5) is 21.6. The summed E-state index contributed by atoms with van der Waals surface area (Å²) < 4.78 is 0.333. The Balaban J connectivity index is 2.42. The van der Waals surface area contributed by atoms with Gasteiger partial charge in [0.05, 0.1) is 4.58 Å².